The highest BCUT2D eigenvalue weighted by atomic mass is 31.2. The summed E-state index contributed by atoms with van der Waals surface area (Å²) < 4.78 is 34.2. The molecule has 0 aliphatic carbocycles. The van der Waals surface area contributed by atoms with Gasteiger partial charge in [-0.15, -0.1) is 0 Å². The van der Waals surface area contributed by atoms with Crippen LogP contribution in [0.5, 0.6) is 0 Å². The standard InChI is InChI=1S/C61H118NO8P/c1-6-8-10-12-14-16-18-20-22-24-26-27-28-29-30-31-32-33-34-36-37-39-41-43-45-47-49-51-53-60(63)67-57-59(58-69-71(65,66)68-56-55-62(3,4)5)70-61(64)54-52-50-48-46-44-42-40-38-35-25-23-21-19-17-15-13-11-9-7-2/h15,17,21,23,59H,6-14,16,18-20,22,24-58H2,1-5H3/b17-15-,23-21-. The van der Waals surface area contributed by atoms with E-state index in [1.165, 1.54) is 218 Å². The maximum Gasteiger partial charge on any atom is 0.306 e. The van der Waals surface area contributed by atoms with Crippen LogP contribution >= 0.6 is 7.82 Å². The Morgan fingerprint density at radius 1 is 0.437 bits per heavy atom. The zero-order valence-electron chi connectivity index (χ0n) is 47.7. The minimum atomic E-state index is -4.63. The third-order valence-corrected chi connectivity index (χ3v) is 14.7. The van der Waals surface area contributed by atoms with Crippen molar-refractivity contribution < 1.29 is 42.1 Å². The van der Waals surface area contributed by atoms with Crippen molar-refractivity contribution in [2.45, 2.75) is 309 Å². The average molecular weight is 1020 g/mol. The zero-order valence-corrected chi connectivity index (χ0v) is 48.6. The molecule has 0 aromatic heterocycles. The zero-order chi connectivity index (χ0) is 52.0. The number of allylic oxidation sites excluding steroid dienone is 4. The highest BCUT2D eigenvalue weighted by Crippen LogP contribution is 2.38. The van der Waals surface area contributed by atoms with Crippen LogP contribution in [0.2, 0.25) is 0 Å². The summed E-state index contributed by atoms with van der Waals surface area (Å²) in [5.41, 5.74) is 0. The highest BCUT2D eigenvalue weighted by molar-refractivity contribution is 7.45. The van der Waals surface area contributed by atoms with Crippen LogP contribution in [0.15, 0.2) is 24.3 Å². The molecule has 2 unspecified atom stereocenters. The molecule has 0 heterocycles. The van der Waals surface area contributed by atoms with Crippen molar-refractivity contribution >= 4 is 19.8 Å². The third-order valence-electron chi connectivity index (χ3n) is 13.7. The van der Waals surface area contributed by atoms with Gasteiger partial charge in [0.05, 0.1) is 27.7 Å². The van der Waals surface area contributed by atoms with Crippen LogP contribution in [0.3, 0.4) is 0 Å². The number of ether oxygens (including phenoxy) is 2. The van der Waals surface area contributed by atoms with E-state index in [0.29, 0.717) is 17.4 Å². The van der Waals surface area contributed by atoms with E-state index in [0.717, 1.165) is 51.4 Å². The summed E-state index contributed by atoms with van der Waals surface area (Å²) in [6, 6.07) is 0. The van der Waals surface area contributed by atoms with Crippen LogP contribution in [0.25, 0.3) is 0 Å². The molecule has 0 aliphatic rings. The second-order valence-electron chi connectivity index (χ2n) is 22.1. The number of phosphoric acid groups is 1. The van der Waals surface area contributed by atoms with E-state index in [4.69, 9.17) is 18.5 Å². The van der Waals surface area contributed by atoms with Gasteiger partial charge in [0.25, 0.3) is 7.82 Å². The summed E-state index contributed by atoms with van der Waals surface area (Å²) >= 11 is 0. The van der Waals surface area contributed by atoms with E-state index >= 15 is 0 Å². The topological polar surface area (TPSA) is 111 Å². The van der Waals surface area contributed by atoms with Crippen molar-refractivity contribution in [3.8, 4) is 0 Å². The molecule has 0 rings (SSSR count). The molecule has 0 spiro atoms. The predicted molar refractivity (Wildman–Crippen MR) is 301 cm³/mol. The Hall–Kier alpha value is -1.51. The Morgan fingerprint density at radius 3 is 1.14 bits per heavy atom. The number of rotatable bonds is 57. The van der Waals surface area contributed by atoms with Gasteiger partial charge < -0.3 is 27.9 Å². The number of esters is 2. The van der Waals surface area contributed by atoms with Gasteiger partial charge in [-0.2, -0.15) is 0 Å². The van der Waals surface area contributed by atoms with E-state index in [-0.39, 0.29) is 32.0 Å². The molecule has 10 heteroatoms. The largest absolute Gasteiger partial charge is 0.756 e. The average Bonchev–Trinajstić information content (AvgIpc) is 3.33. The number of likely N-dealkylation sites (N-methyl/N-ethyl adjacent to an activating group) is 1. The van der Waals surface area contributed by atoms with E-state index in [1.807, 2.05) is 21.1 Å². The van der Waals surface area contributed by atoms with Gasteiger partial charge in [-0.3, -0.25) is 14.2 Å². The predicted octanol–water partition coefficient (Wildman–Crippen LogP) is 18.4. The molecule has 0 amide bonds. The molecule has 0 saturated heterocycles. The van der Waals surface area contributed by atoms with Crippen molar-refractivity contribution in [2.24, 2.45) is 0 Å². The molecule has 0 fully saturated rings. The highest BCUT2D eigenvalue weighted by Gasteiger charge is 2.22. The van der Waals surface area contributed by atoms with Crippen molar-refractivity contribution in [3.05, 3.63) is 24.3 Å². The number of carbonyl (C=O) groups is 2. The number of nitrogens with zero attached hydrogens (tertiary/aromatic N) is 1. The first kappa shape index (κ1) is 69.5. The van der Waals surface area contributed by atoms with Gasteiger partial charge in [0.2, 0.25) is 0 Å². The summed E-state index contributed by atoms with van der Waals surface area (Å²) in [6.45, 7) is 4.26. The van der Waals surface area contributed by atoms with Gasteiger partial charge in [-0.1, -0.05) is 269 Å². The van der Waals surface area contributed by atoms with Crippen LogP contribution in [-0.4, -0.2) is 70.0 Å². The summed E-state index contributed by atoms with van der Waals surface area (Å²) in [6.07, 6.45) is 63.8. The number of hydrogen-bond acceptors (Lipinski definition) is 8. The molecule has 0 aromatic rings. The van der Waals surface area contributed by atoms with Gasteiger partial charge >= 0.3 is 11.9 Å². The summed E-state index contributed by atoms with van der Waals surface area (Å²) in [5, 5.41) is 0. The monoisotopic (exact) mass is 1020 g/mol. The summed E-state index contributed by atoms with van der Waals surface area (Å²) in [5.74, 6) is -0.821. The molecule has 0 saturated carbocycles. The first-order valence-corrected chi connectivity index (χ1v) is 32.0. The first-order valence-electron chi connectivity index (χ1n) is 30.5. The Kier molecular flexibility index (Phi) is 52.2. The van der Waals surface area contributed by atoms with Crippen LogP contribution in [0, 0.1) is 0 Å². The molecule has 0 bridgehead atoms. The smallest absolute Gasteiger partial charge is 0.306 e. The van der Waals surface area contributed by atoms with E-state index < -0.39 is 26.5 Å². The van der Waals surface area contributed by atoms with Gasteiger partial charge in [0, 0.05) is 12.8 Å². The fraction of sp³-hybridized carbons (Fsp3) is 0.902. The molecule has 0 N–H and O–H groups in total. The van der Waals surface area contributed by atoms with Gasteiger partial charge in [-0.25, -0.2) is 0 Å². The quantitative estimate of drug-likeness (QED) is 0.0195. The van der Waals surface area contributed by atoms with Gasteiger partial charge in [-0.05, 0) is 44.9 Å². The normalized spacial score (nSPS) is 13.4. The van der Waals surface area contributed by atoms with Crippen LogP contribution < -0.4 is 4.89 Å². The fourth-order valence-electron chi connectivity index (χ4n) is 8.98. The lowest BCUT2D eigenvalue weighted by atomic mass is 10.0. The minimum Gasteiger partial charge on any atom is -0.756 e. The summed E-state index contributed by atoms with van der Waals surface area (Å²) in [4.78, 5) is 37.9. The Labute approximate surface area is 440 Å². The molecule has 0 radical (unpaired) electrons. The number of quaternary nitrogens is 1. The molecular weight excluding hydrogens is 906 g/mol. The molecule has 0 aromatic carbocycles. The van der Waals surface area contributed by atoms with Crippen molar-refractivity contribution in [3.63, 3.8) is 0 Å². The van der Waals surface area contributed by atoms with Crippen LogP contribution in [-0.2, 0) is 32.7 Å². The minimum absolute atomic E-state index is 0.0292. The molecule has 9 nitrogen and oxygen atoms in total. The lowest BCUT2D eigenvalue weighted by Gasteiger charge is -2.28. The number of hydrogen-bond donors (Lipinski definition) is 0. The van der Waals surface area contributed by atoms with Crippen LogP contribution in [0.1, 0.15) is 303 Å². The Bertz CT molecular complexity index is 1250. The fourth-order valence-corrected chi connectivity index (χ4v) is 9.71. The maximum atomic E-state index is 12.8. The van der Waals surface area contributed by atoms with Crippen LogP contribution in [0.4, 0.5) is 0 Å². The molecule has 0 aliphatic heterocycles. The molecular formula is C61H118NO8P. The Balaban J connectivity index is 4.05. The van der Waals surface area contributed by atoms with E-state index in [1.54, 1.807) is 0 Å². The number of unbranched alkanes of at least 4 members (excludes halogenated alkanes) is 39. The van der Waals surface area contributed by atoms with Crippen molar-refractivity contribution in [2.75, 3.05) is 47.5 Å². The lowest BCUT2D eigenvalue weighted by molar-refractivity contribution is -0.870. The van der Waals surface area contributed by atoms with Crippen molar-refractivity contribution in [1.82, 2.24) is 0 Å². The molecule has 2 atom stereocenters. The third kappa shape index (κ3) is 57.6. The van der Waals surface area contributed by atoms with E-state index in [2.05, 4.69) is 38.2 Å². The SMILES string of the molecule is CCCCC/C=C\C/C=C\CCCCCCCCCCCC(=O)OC(COC(=O)CCCCCCCCCCCCCCCCCCCCCCCCCCCCCC)COP(=O)([O-])OCC[N+](C)(C)C. The lowest BCUT2D eigenvalue weighted by Crippen LogP contribution is -2.37. The van der Waals surface area contributed by atoms with Crippen molar-refractivity contribution in [1.29, 1.82) is 0 Å². The maximum absolute atomic E-state index is 12.8. The number of phosphoric ester groups is 1. The van der Waals surface area contributed by atoms with Gasteiger partial charge in [0.15, 0.2) is 6.10 Å². The summed E-state index contributed by atoms with van der Waals surface area (Å²) in [7, 11) is 1.18. The molecule has 71 heavy (non-hydrogen) atoms. The van der Waals surface area contributed by atoms with E-state index in [9.17, 15) is 19.0 Å². The second kappa shape index (κ2) is 53.3. The Morgan fingerprint density at radius 2 is 0.761 bits per heavy atom. The van der Waals surface area contributed by atoms with Gasteiger partial charge in [0.1, 0.15) is 19.8 Å². The number of carbonyl (C=O) groups excluding carboxylic acids is 2. The first-order chi connectivity index (χ1) is 34.5. The molecule has 420 valence electrons. The second-order valence-corrected chi connectivity index (χ2v) is 23.5.